The molecule has 0 amide bonds. The van der Waals surface area contributed by atoms with E-state index in [4.69, 9.17) is 9.26 Å². The van der Waals surface area contributed by atoms with Crippen molar-refractivity contribution < 1.29 is 9.26 Å². The molecule has 3 heterocycles. The molecule has 2 N–H and O–H groups in total. The molecule has 2 aromatic rings. The second-order valence-corrected chi connectivity index (χ2v) is 6.15. The number of nitrogens with one attached hydrogen (secondary N) is 2. The molecule has 1 aliphatic heterocycles. The van der Waals surface area contributed by atoms with Gasteiger partial charge in [-0.2, -0.15) is 4.98 Å². The van der Waals surface area contributed by atoms with E-state index in [2.05, 4.69) is 25.8 Å². The van der Waals surface area contributed by atoms with Crippen LogP contribution in [0.4, 0.5) is 11.8 Å². The SMILES string of the molecule is CNc1nc(NCCCc2c(C)noc2C)cc(C2CCOC2)n1. The standard InChI is InChI=1S/C17H25N5O2/c1-11-14(12(2)24-22-11)5-4-7-19-16-9-15(13-6-8-23-10-13)20-17(18-3)21-16/h9,13H,4-8,10H2,1-3H3,(H2,18,19,20,21). The third-order valence-corrected chi connectivity index (χ3v) is 4.41. The number of nitrogens with zero attached hydrogens (tertiary/aromatic N) is 3. The van der Waals surface area contributed by atoms with Gasteiger partial charge in [-0.1, -0.05) is 5.16 Å². The first-order chi connectivity index (χ1) is 11.7. The Hall–Kier alpha value is -2.15. The minimum atomic E-state index is 0.364. The molecule has 1 saturated heterocycles. The lowest BCUT2D eigenvalue weighted by Crippen LogP contribution is -2.10. The highest BCUT2D eigenvalue weighted by atomic mass is 16.5. The largest absolute Gasteiger partial charge is 0.381 e. The lowest BCUT2D eigenvalue weighted by molar-refractivity contribution is 0.193. The molecule has 0 saturated carbocycles. The molecule has 0 aromatic carbocycles. The topological polar surface area (TPSA) is 85.1 Å². The van der Waals surface area contributed by atoms with Crippen molar-refractivity contribution in [3.63, 3.8) is 0 Å². The zero-order valence-corrected chi connectivity index (χ0v) is 14.6. The molecule has 1 aliphatic rings. The van der Waals surface area contributed by atoms with Gasteiger partial charge in [-0.15, -0.1) is 0 Å². The number of anilines is 2. The number of aromatic nitrogens is 3. The van der Waals surface area contributed by atoms with E-state index in [-0.39, 0.29) is 0 Å². The van der Waals surface area contributed by atoms with E-state index in [1.54, 1.807) is 0 Å². The van der Waals surface area contributed by atoms with Crippen molar-refractivity contribution >= 4 is 11.8 Å². The van der Waals surface area contributed by atoms with Gasteiger partial charge < -0.3 is 19.9 Å². The number of hydrogen-bond acceptors (Lipinski definition) is 7. The monoisotopic (exact) mass is 331 g/mol. The van der Waals surface area contributed by atoms with Crippen LogP contribution in [0.2, 0.25) is 0 Å². The summed E-state index contributed by atoms with van der Waals surface area (Å²) >= 11 is 0. The fourth-order valence-corrected chi connectivity index (χ4v) is 2.99. The molecule has 7 heteroatoms. The molecule has 0 radical (unpaired) electrons. The maximum atomic E-state index is 5.47. The zero-order chi connectivity index (χ0) is 16.9. The van der Waals surface area contributed by atoms with Crippen molar-refractivity contribution in [3.8, 4) is 0 Å². The van der Waals surface area contributed by atoms with Gasteiger partial charge in [-0.05, 0) is 33.1 Å². The second-order valence-electron chi connectivity index (χ2n) is 6.15. The van der Waals surface area contributed by atoms with E-state index in [1.165, 1.54) is 5.56 Å². The maximum Gasteiger partial charge on any atom is 0.224 e. The van der Waals surface area contributed by atoms with Crippen LogP contribution in [0.25, 0.3) is 0 Å². The summed E-state index contributed by atoms with van der Waals surface area (Å²) in [6.07, 6.45) is 2.96. The summed E-state index contributed by atoms with van der Waals surface area (Å²) in [6, 6.07) is 2.04. The van der Waals surface area contributed by atoms with Gasteiger partial charge in [0.2, 0.25) is 5.95 Å². The van der Waals surface area contributed by atoms with E-state index < -0.39 is 0 Å². The van der Waals surface area contributed by atoms with Gasteiger partial charge in [0.05, 0.1) is 18.0 Å². The van der Waals surface area contributed by atoms with Gasteiger partial charge in [0, 0.05) is 37.7 Å². The second kappa shape index (κ2) is 7.61. The first-order valence-electron chi connectivity index (χ1n) is 8.47. The van der Waals surface area contributed by atoms with Crippen LogP contribution < -0.4 is 10.6 Å². The van der Waals surface area contributed by atoms with Gasteiger partial charge in [-0.3, -0.25) is 0 Å². The molecule has 0 spiro atoms. The number of rotatable bonds is 7. The van der Waals surface area contributed by atoms with Crippen molar-refractivity contribution in [2.75, 3.05) is 37.4 Å². The highest BCUT2D eigenvalue weighted by molar-refractivity contribution is 5.43. The van der Waals surface area contributed by atoms with E-state index in [0.717, 1.165) is 62.0 Å². The molecule has 1 unspecified atom stereocenters. The Morgan fingerprint density at radius 1 is 1.29 bits per heavy atom. The van der Waals surface area contributed by atoms with Crippen molar-refractivity contribution in [3.05, 3.63) is 28.8 Å². The van der Waals surface area contributed by atoms with Crippen LogP contribution in [-0.2, 0) is 11.2 Å². The van der Waals surface area contributed by atoms with Crippen molar-refractivity contribution in [1.29, 1.82) is 0 Å². The van der Waals surface area contributed by atoms with Gasteiger partial charge in [0.15, 0.2) is 0 Å². The average Bonchev–Trinajstić information content (AvgIpc) is 3.23. The highest BCUT2D eigenvalue weighted by Crippen LogP contribution is 2.26. The van der Waals surface area contributed by atoms with E-state index in [1.807, 2.05) is 27.0 Å². The zero-order valence-electron chi connectivity index (χ0n) is 14.6. The van der Waals surface area contributed by atoms with Crippen LogP contribution in [0.1, 0.15) is 41.5 Å². The summed E-state index contributed by atoms with van der Waals surface area (Å²) < 4.78 is 10.7. The predicted octanol–water partition coefficient (Wildman–Crippen LogP) is 2.67. The Morgan fingerprint density at radius 2 is 2.17 bits per heavy atom. The van der Waals surface area contributed by atoms with Crippen LogP contribution in [0.5, 0.6) is 0 Å². The Labute approximate surface area is 142 Å². The van der Waals surface area contributed by atoms with Gasteiger partial charge in [0.1, 0.15) is 11.6 Å². The van der Waals surface area contributed by atoms with Crippen LogP contribution in [0.15, 0.2) is 10.6 Å². The Kier molecular flexibility index (Phi) is 5.30. The Morgan fingerprint density at radius 3 is 2.83 bits per heavy atom. The van der Waals surface area contributed by atoms with Gasteiger partial charge in [-0.25, -0.2) is 4.98 Å². The van der Waals surface area contributed by atoms with Crippen LogP contribution in [-0.4, -0.2) is 41.9 Å². The molecular weight excluding hydrogens is 306 g/mol. The molecular formula is C17H25N5O2. The molecule has 2 aromatic heterocycles. The minimum absolute atomic E-state index is 0.364. The normalized spacial score (nSPS) is 17.2. The summed E-state index contributed by atoms with van der Waals surface area (Å²) in [7, 11) is 1.84. The van der Waals surface area contributed by atoms with Crippen LogP contribution >= 0.6 is 0 Å². The Bertz CT molecular complexity index is 660. The van der Waals surface area contributed by atoms with E-state index in [0.29, 0.717) is 11.9 Å². The summed E-state index contributed by atoms with van der Waals surface area (Å²) in [5.41, 5.74) is 3.23. The van der Waals surface area contributed by atoms with Crippen LogP contribution in [0.3, 0.4) is 0 Å². The summed E-state index contributed by atoms with van der Waals surface area (Å²) in [6.45, 7) is 6.33. The molecule has 3 rings (SSSR count). The third-order valence-electron chi connectivity index (χ3n) is 4.41. The van der Waals surface area contributed by atoms with E-state index in [9.17, 15) is 0 Å². The molecule has 130 valence electrons. The lowest BCUT2D eigenvalue weighted by atomic mass is 10.0. The molecule has 7 nitrogen and oxygen atoms in total. The van der Waals surface area contributed by atoms with Crippen molar-refractivity contribution in [1.82, 2.24) is 15.1 Å². The highest BCUT2D eigenvalue weighted by Gasteiger charge is 2.20. The van der Waals surface area contributed by atoms with Crippen molar-refractivity contribution in [2.24, 2.45) is 0 Å². The molecule has 1 atom stereocenters. The first-order valence-corrected chi connectivity index (χ1v) is 8.47. The fourth-order valence-electron chi connectivity index (χ4n) is 2.99. The van der Waals surface area contributed by atoms with Gasteiger partial charge >= 0.3 is 0 Å². The molecule has 0 bridgehead atoms. The van der Waals surface area contributed by atoms with Gasteiger partial charge in [0.25, 0.3) is 0 Å². The van der Waals surface area contributed by atoms with Crippen molar-refractivity contribution in [2.45, 2.75) is 39.0 Å². The number of hydrogen-bond donors (Lipinski definition) is 2. The quantitative estimate of drug-likeness (QED) is 0.754. The molecule has 24 heavy (non-hydrogen) atoms. The van der Waals surface area contributed by atoms with E-state index >= 15 is 0 Å². The summed E-state index contributed by atoms with van der Waals surface area (Å²) in [5, 5.41) is 10.4. The summed E-state index contributed by atoms with van der Waals surface area (Å²) in [5.74, 6) is 2.78. The summed E-state index contributed by atoms with van der Waals surface area (Å²) in [4.78, 5) is 9.05. The van der Waals surface area contributed by atoms with Crippen LogP contribution in [0, 0.1) is 13.8 Å². The lowest BCUT2D eigenvalue weighted by Gasteiger charge is -2.12. The Balaban J connectivity index is 1.59. The first kappa shape index (κ1) is 16.7. The average molecular weight is 331 g/mol. The maximum absolute atomic E-state index is 5.47. The predicted molar refractivity (Wildman–Crippen MR) is 92.5 cm³/mol. The molecule has 1 fully saturated rings. The minimum Gasteiger partial charge on any atom is -0.381 e. The molecule has 0 aliphatic carbocycles. The number of ether oxygens (including phenoxy) is 1. The smallest absolute Gasteiger partial charge is 0.224 e. The fraction of sp³-hybridized carbons (Fsp3) is 0.588. The third kappa shape index (κ3) is 3.84. The number of aryl methyl sites for hydroxylation is 2.